The van der Waals surface area contributed by atoms with Crippen LogP contribution < -0.4 is 20.7 Å². The largest absolute Gasteiger partial charge is 0.482 e. The Morgan fingerprint density at radius 1 is 1.25 bits per heavy atom. The zero-order valence-corrected chi connectivity index (χ0v) is 11.6. The minimum atomic E-state index is -2.94. The van der Waals surface area contributed by atoms with E-state index in [0.29, 0.717) is 30.2 Å². The van der Waals surface area contributed by atoms with Gasteiger partial charge in [0, 0.05) is 19.2 Å². The van der Waals surface area contributed by atoms with Crippen LogP contribution in [0, 0.1) is 0 Å². The van der Waals surface area contributed by atoms with E-state index in [1.54, 1.807) is 12.1 Å². The summed E-state index contributed by atoms with van der Waals surface area (Å²) >= 11 is 0. The van der Waals surface area contributed by atoms with E-state index in [9.17, 15) is 13.2 Å². The molecule has 2 aliphatic heterocycles. The molecule has 1 saturated heterocycles. The molecule has 0 aromatic heterocycles. The Bertz CT molecular complexity index is 658. The Kier molecular flexibility index (Phi) is 2.97. The van der Waals surface area contributed by atoms with Crippen molar-refractivity contribution in [2.45, 2.75) is 0 Å². The van der Waals surface area contributed by atoms with Crippen molar-refractivity contribution in [3.8, 4) is 5.75 Å². The summed E-state index contributed by atoms with van der Waals surface area (Å²) in [5.74, 6) is 0.559. The molecule has 0 bridgehead atoms. The number of nitrogen functional groups attached to an aromatic ring is 1. The Balaban J connectivity index is 1.90. The van der Waals surface area contributed by atoms with Crippen LogP contribution in [-0.2, 0) is 14.6 Å². The molecule has 108 valence electrons. The zero-order valence-electron chi connectivity index (χ0n) is 10.8. The highest BCUT2D eigenvalue weighted by molar-refractivity contribution is 7.91. The molecular weight excluding hydrogens is 282 g/mol. The van der Waals surface area contributed by atoms with Gasteiger partial charge in [0.15, 0.2) is 16.4 Å². The second-order valence-corrected chi connectivity index (χ2v) is 7.19. The molecule has 2 heterocycles. The second kappa shape index (κ2) is 4.55. The van der Waals surface area contributed by atoms with Crippen molar-refractivity contribution in [1.82, 2.24) is 0 Å². The third kappa shape index (κ3) is 2.38. The molecule has 0 spiro atoms. The maximum atomic E-state index is 11.5. The predicted octanol–water partition coefficient (Wildman–Crippen LogP) is -0.166. The molecule has 0 saturated carbocycles. The Morgan fingerprint density at radius 2 is 1.95 bits per heavy atom. The number of hydrogen-bond donors (Lipinski definition) is 2. The highest BCUT2D eigenvalue weighted by Crippen LogP contribution is 2.37. The number of amides is 1. The van der Waals surface area contributed by atoms with E-state index in [4.69, 9.17) is 10.5 Å². The third-order valence-electron chi connectivity index (χ3n) is 3.45. The predicted molar refractivity (Wildman–Crippen MR) is 75.8 cm³/mol. The number of fused-ring (bicyclic) bond motifs is 1. The molecule has 3 N–H and O–H groups in total. The van der Waals surface area contributed by atoms with E-state index in [0.717, 1.165) is 5.69 Å². The van der Waals surface area contributed by atoms with Gasteiger partial charge in [-0.25, -0.2) is 8.42 Å². The molecule has 0 aliphatic carbocycles. The van der Waals surface area contributed by atoms with Crippen LogP contribution >= 0.6 is 0 Å². The van der Waals surface area contributed by atoms with Gasteiger partial charge >= 0.3 is 0 Å². The van der Waals surface area contributed by atoms with Crippen molar-refractivity contribution in [2.75, 3.05) is 47.2 Å². The smallest absolute Gasteiger partial charge is 0.262 e. The number of hydrogen-bond acceptors (Lipinski definition) is 6. The van der Waals surface area contributed by atoms with Crippen molar-refractivity contribution in [3.05, 3.63) is 12.1 Å². The first-order chi connectivity index (χ1) is 9.44. The van der Waals surface area contributed by atoms with Gasteiger partial charge in [-0.05, 0) is 6.07 Å². The number of anilines is 3. The van der Waals surface area contributed by atoms with E-state index in [1.807, 2.05) is 4.90 Å². The molecule has 7 nitrogen and oxygen atoms in total. The van der Waals surface area contributed by atoms with Crippen LogP contribution in [-0.4, -0.2) is 45.5 Å². The lowest BCUT2D eigenvalue weighted by Gasteiger charge is -2.31. The maximum absolute atomic E-state index is 11.5. The fourth-order valence-electron chi connectivity index (χ4n) is 2.36. The number of sulfone groups is 1. The lowest BCUT2D eigenvalue weighted by molar-refractivity contribution is -0.118. The van der Waals surface area contributed by atoms with Crippen LogP contribution in [0.3, 0.4) is 0 Å². The van der Waals surface area contributed by atoms with Crippen molar-refractivity contribution in [2.24, 2.45) is 0 Å². The second-order valence-electron chi connectivity index (χ2n) is 4.88. The summed E-state index contributed by atoms with van der Waals surface area (Å²) in [4.78, 5) is 13.2. The summed E-state index contributed by atoms with van der Waals surface area (Å²) in [7, 11) is -2.94. The SMILES string of the molecule is Nc1cc2c(cc1N1CCS(=O)(=O)CC1)NC(=O)CO2. The lowest BCUT2D eigenvalue weighted by Crippen LogP contribution is -2.40. The van der Waals surface area contributed by atoms with Gasteiger partial charge in [0.05, 0.1) is 28.6 Å². The highest BCUT2D eigenvalue weighted by atomic mass is 32.2. The summed E-state index contributed by atoms with van der Waals surface area (Å²) in [6, 6.07) is 3.40. The van der Waals surface area contributed by atoms with E-state index in [-0.39, 0.29) is 24.0 Å². The average Bonchev–Trinajstić information content (AvgIpc) is 2.39. The fourth-order valence-corrected chi connectivity index (χ4v) is 3.56. The number of nitrogens with two attached hydrogens (primary N) is 1. The van der Waals surface area contributed by atoms with Crippen LogP contribution in [0.5, 0.6) is 5.75 Å². The first-order valence-corrected chi connectivity index (χ1v) is 8.08. The van der Waals surface area contributed by atoms with Gasteiger partial charge in [-0.3, -0.25) is 4.79 Å². The Morgan fingerprint density at radius 3 is 2.65 bits per heavy atom. The van der Waals surface area contributed by atoms with E-state index in [2.05, 4.69) is 5.32 Å². The molecule has 0 unspecified atom stereocenters. The molecule has 1 fully saturated rings. The average molecular weight is 297 g/mol. The number of nitrogens with zero attached hydrogens (tertiary/aromatic N) is 1. The number of carbonyl (C=O) groups excluding carboxylic acids is 1. The van der Waals surface area contributed by atoms with Crippen molar-refractivity contribution in [3.63, 3.8) is 0 Å². The molecule has 8 heteroatoms. The first-order valence-electron chi connectivity index (χ1n) is 6.26. The minimum absolute atomic E-state index is 0.0201. The van der Waals surface area contributed by atoms with Crippen LogP contribution in [0.25, 0.3) is 0 Å². The molecule has 20 heavy (non-hydrogen) atoms. The number of nitrogens with one attached hydrogen (secondary N) is 1. The van der Waals surface area contributed by atoms with Gasteiger partial charge < -0.3 is 20.7 Å². The topological polar surface area (TPSA) is 102 Å². The molecular formula is C12H15N3O4S. The number of carbonyl (C=O) groups is 1. The highest BCUT2D eigenvalue weighted by Gasteiger charge is 2.25. The van der Waals surface area contributed by atoms with E-state index >= 15 is 0 Å². The van der Waals surface area contributed by atoms with Crippen LogP contribution in [0.4, 0.5) is 17.1 Å². The quantitative estimate of drug-likeness (QED) is 0.698. The molecule has 1 amide bonds. The maximum Gasteiger partial charge on any atom is 0.262 e. The lowest BCUT2D eigenvalue weighted by atomic mass is 10.2. The molecule has 1 aromatic rings. The fraction of sp³-hybridized carbons (Fsp3) is 0.417. The van der Waals surface area contributed by atoms with Crippen LogP contribution in [0.15, 0.2) is 12.1 Å². The van der Waals surface area contributed by atoms with Gasteiger partial charge in [0.1, 0.15) is 5.75 Å². The standard InChI is InChI=1S/C12H15N3O4S/c13-8-5-11-9(14-12(16)7-19-11)6-10(8)15-1-3-20(17,18)4-2-15/h5-6H,1-4,7,13H2,(H,14,16). The van der Waals surface area contributed by atoms with E-state index in [1.165, 1.54) is 0 Å². The normalized spacial score (nSPS) is 20.8. The zero-order chi connectivity index (χ0) is 14.3. The molecule has 0 atom stereocenters. The minimum Gasteiger partial charge on any atom is -0.482 e. The summed E-state index contributed by atoms with van der Waals surface area (Å²) in [6.45, 7) is 0.786. The summed E-state index contributed by atoms with van der Waals surface area (Å²) < 4.78 is 28.2. The first kappa shape index (κ1) is 13.0. The third-order valence-corrected chi connectivity index (χ3v) is 5.06. The van der Waals surface area contributed by atoms with Gasteiger partial charge in [-0.1, -0.05) is 0 Å². The van der Waals surface area contributed by atoms with E-state index < -0.39 is 9.84 Å². The van der Waals surface area contributed by atoms with Crippen molar-refractivity contribution in [1.29, 1.82) is 0 Å². The van der Waals surface area contributed by atoms with Crippen molar-refractivity contribution >= 4 is 32.8 Å². The van der Waals surface area contributed by atoms with Gasteiger partial charge in [-0.15, -0.1) is 0 Å². The van der Waals surface area contributed by atoms with Gasteiger partial charge in [0.25, 0.3) is 5.91 Å². The number of rotatable bonds is 1. The molecule has 0 radical (unpaired) electrons. The molecule has 2 aliphatic rings. The van der Waals surface area contributed by atoms with Crippen LogP contribution in [0.1, 0.15) is 0 Å². The summed E-state index contributed by atoms with van der Waals surface area (Å²) in [6.07, 6.45) is 0. The molecule has 1 aromatic carbocycles. The summed E-state index contributed by atoms with van der Waals surface area (Å²) in [5.41, 5.74) is 7.80. The van der Waals surface area contributed by atoms with Crippen LogP contribution in [0.2, 0.25) is 0 Å². The van der Waals surface area contributed by atoms with Crippen molar-refractivity contribution < 1.29 is 17.9 Å². The Hall–Kier alpha value is -1.96. The number of ether oxygens (including phenoxy) is 1. The monoisotopic (exact) mass is 297 g/mol. The molecule has 3 rings (SSSR count). The van der Waals surface area contributed by atoms with Gasteiger partial charge in [-0.2, -0.15) is 0 Å². The summed E-state index contributed by atoms with van der Waals surface area (Å²) in [5, 5.41) is 2.72. The number of benzene rings is 1. The van der Waals surface area contributed by atoms with Gasteiger partial charge in [0.2, 0.25) is 0 Å². The Labute approximate surface area is 116 Å².